The molecule has 1 atom stereocenters. The summed E-state index contributed by atoms with van der Waals surface area (Å²) in [5.74, 6) is -0.704. The molecule has 2 aromatic rings. The highest BCUT2D eigenvalue weighted by Crippen LogP contribution is 2.30. The van der Waals surface area contributed by atoms with E-state index in [0.29, 0.717) is 15.1 Å². The van der Waals surface area contributed by atoms with Crippen LogP contribution in [0, 0.1) is 11.6 Å². The van der Waals surface area contributed by atoms with Crippen LogP contribution in [0.4, 0.5) is 8.78 Å². The second-order valence-corrected chi connectivity index (χ2v) is 5.32. The molecule has 100 valence electrons. The number of benzene rings is 2. The second kappa shape index (κ2) is 5.99. The molecule has 0 heterocycles. The number of hydrogen-bond acceptors (Lipinski definition) is 1. The van der Waals surface area contributed by atoms with Crippen molar-refractivity contribution < 1.29 is 8.78 Å². The minimum absolute atomic E-state index is 0.305. The van der Waals surface area contributed by atoms with E-state index in [4.69, 9.17) is 11.6 Å². The fourth-order valence-electron chi connectivity index (χ4n) is 1.93. The average Bonchev–Trinajstić information content (AvgIpc) is 2.38. The highest BCUT2D eigenvalue weighted by molar-refractivity contribution is 9.10. The van der Waals surface area contributed by atoms with Gasteiger partial charge in [-0.25, -0.2) is 8.78 Å². The number of nitrogens with one attached hydrogen (secondary N) is 1. The Hall–Kier alpha value is -0.970. The fourth-order valence-corrected chi connectivity index (χ4v) is 2.55. The molecule has 2 aromatic carbocycles. The van der Waals surface area contributed by atoms with Gasteiger partial charge in [0.15, 0.2) is 0 Å². The molecule has 0 radical (unpaired) electrons. The van der Waals surface area contributed by atoms with Gasteiger partial charge in [-0.1, -0.05) is 17.7 Å². The lowest BCUT2D eigenvalue weighted by atomic mass is 9.98. The SMILES string of the molecule is CNC(c1ccc(F)c(Br)c1)c1cc(F)ccc1Cl. The minimum Gasteiger partial charge on any atom is -0.309 e. The lowest BCUT2D eigenvalue weighted by Crippen LogP contribution is -2.18. The Morgan fingerprint density at radius 2 is 1.89 bits per heavy atom. The van der Waals surface area contributed by atoms with E-state index in [2.05, 4.69) is 21.2 Å². The second-order valence-electron chi connectivity index (χ2n) is 4.06. The summed E-state index contributed by atoms with van der Waals surface area (Å²) < 4.78 is 27.0. The summed E-state index contributed by atoms with van der Waals surface area (Å²) in [6.45, 7) is 0. The smallest absolute Gasteiger partial charge is 0.137 e. The first-order chi connectivity index (χ1) is 9.02. The Bertz CT molecular complexity index is 604. The summed E-state index contributed by atoms with van der Waals surface area (Å²) in [6, 6.07) is 8.53. The van der Waals surface area contributed by atoms with Gasteiger partial charge in [-0.2, -0.15) is 0 Å². The molecule has 0 fully saturated rings. The molecule has 0 aliphatic rings. The molecule has 19 heavy (non-hydrogen) atoms. The van der Waals surface area contributed by atoms with E-state index in [0.717, 1.165) is 5.56 Å². The van der Waals surface area contributed by atoms with Crippen LogP contribution in [-0.2, 0) is 0 Å². The van der Waals surface area contributed by atoms with Crippen molar-refractivity contribution in [3.63, 3.8) is 0 Å². The van der Waals surface area contributed by atoms with Gasteiger partial charge in [0.2, 0.25) is 0 Å². The van der Waals surface area contributed by atoms with Crippen LogP contribution in [0.1, 0.15) is 17.2 Å². The number of rotatable bonds is 3. The van der Waals surface area contributed by atoms with Crippen LogP contribution in [-0.4, -0.2) is 7.05 Å². The van der Waals surface area contributed by atoms with Crippen molar-refractivity contribution >= 4 is 27.5 Å². The van der Waals surface area contributed by atoms with Gasteiger partial charge in [-0.05, 0) is 64.4 Å². The molecule has 0 aromatic heterocycles. The standard InChI is InChI=1S/C14H11BrClF2N/c1-19-14(8-2-5-13(18)11(15)6-8)10-7-9(17)3-4-12(10)16/h2-7,14,19H,1H3. The van der Waals surface area contributed by atoms with Crippen molar-refractivity contribution in [2.75, 3.05) is 7.05 Å². The van der Waals surface area contributed by atoms with Crippen LogP contribution < -0.4 is 5.32 Å². The maximum absolute atomic E-state index is 13.3. The van der Waals surface area contributed by atoms with Crippen molar-refractivity contribution in [1.29, 1.82) is 0 Å². The van der Waals surface area contributed by atoms with Crippen LogP contribution in [0.25, 0.3) is 0 Å². The average molecular weight is 347 g/mol. The quantitative estimate of drug-likeness (QED) is 0.850. The van der Waals surface area contributed by atoms with Gasteiger partial charge in [-0.3, -0.25) is 0 Å². The lowest BCUT2D eigenvalue weighted by Gasteiger charge is -2.19. The Labute approximate surface area is 123 Å². The lowest BCUT2D eigenvalue weighted by molar-refractivity contribution is 0.610. The Balaban J connectivity index is 2.49. The molecule has 1 unspecified atom stereocenters. The first-order valence-corrected chi connectivity index (χ1v) is 6.77. The summed E-state index contributed by atoms with van der Waals surface area (Å²) in [5, 5.41) is 3.51. The van der Waals surface area contributed by atoms with E-state index in [-0.39, 0.29) is 17.7 Å². The molecule has 0 amide bonds. The first kappa shape index (κ1) is 14.4. The van der Waals surface area contributed by atoms with Crippen LogP contribution >= 0.6 is 27.5 Å². The normalized spacial score (nSPS) is 12.5. The van der Waals surface area contributed by atoms with E-state index in [1.54, 1.807) is 19.2 Å². The summed E-state index contributed by atoms with van der Waals surface area (Å²) in [6.07, 6.45) is 0. The van der Waals surface area contributed by atoms with Gasteiger partial charge in [-0.15, -0.1) is 0 Å². The fraction of sp³-hybridized carbons (Fsp3) is 0.143. The van der Waals surface area contributed by atoms with Crippen LogP contribution in [0.3, 0.4) is 0 Å². The molecule has 0 saturated heterocycles. The van der Waals surface area contributed by atoms with Crippen molar-refractivity contribution in [3.05, 3.63) is 68.7 Å². The van der Waals surface area contributed by atoms with Crippen LogP contribution in [0.2, 0.25) is 5.02 Å². The number of halogens is 4. The van der Waals surface area contributed by atoms with Gasteiger partial charge in [0.1, 0.15) is 11.6 Å². The minimum atomic E-state index is -0.360. The molecule has 1 nitrogen and oxygen atoms in total. The maximum atomic E-state index is 13.3. The molecule has 1 N–H and O–H groups in total. The summed E-state index contributed by atoms with van der Waals surface area (Å²) >= 11 is 9.24. The van der Waals surface area contributed by atoms with Crippen LogP contribution in [0.15, 0.2) is 40.9 Å². The predicted octanol–water partition coefficient (Wildman–Crippen LogP) is 4.69. The van der Waals surface area contributed by atoms with E-state index in [1.165, 1.54) is 24.3 Å². The number of hydrogen-bond donors (Lipinski definition) is 1. The third-order valence-electron chi connectivity index (χ3n) is 2.83. The zero-order valence-electron chi connectivity index (χ0n) is 10.1. The molecule has 0 spiro atoms. The largest absolute Gasteiger partial charge is 0.309 e. The van der Waals surface area contributed by atoms with Gasteiger partial charge in [0, 0.05) is 5.02 Å². The van der Waals surface area contributed by atoms with E-state index < -0.39 is 0 Å². The Morgan fingerprint density at radius 1 is 1.16 bits per heavy atom. The van der Waals surface area contributed by atoms with Gasteiger partial charge >= 0.3 is 0 Å². The van der Waals surface area contributed by atoms with Gasteiger partial charge in [0.05, 0.1) is 10.5 Å². The molecule has 0 aliphatic carbocycles. The van der Waals surface area contributed by atoms with Crippen molar-refractivity contribution in [2.24, 2.45) is 0 Å². The van der Waals surface area contributed by atoms with E-state index in [1.807, 2.05) is 0 Å². The zero-order valence-corrected chi connectivity index (χ0v) is 12.4. The highest BCUT2D eigenvalue weighted by atomic mass is 79.9. The van der Waals surface area contributed by atoms with Crippen molar-refractivity contribution in [3.8, 4) is 0 Å². The summed E-state index contributed by atoms with van der Waals surface area (Å²) in [7, 11) is 1.74. The summed E-state index contributed by atoms with van der Waals surface area (Å²) in [5.41, 5.74) is 1.41. The molecule has 0 aliphatic heterocycles. The first-order valence-electron chi connectivity index (χ1n) is 5.60. The summed E-state index contributed by atoms with van der Waals surface area (Å²) in [4.78, 5) is 0. The third-order valence-corrected chi connectivity index (χ3v) is 3.79. The van der Waals surface area contributed by atoms with Crippen LogP contribution in [0.5, 0.6) is 0 Å². The molecule has 5 heteroatoms. The topological polar surface area (TPSA) is 12.0 Å². The predicted molar refractivity (Wildman–Crippen MR) is 76.4 cm³/mol. The van der Waals surface area contributed by atoms with E-state index >= 15 is 0 Å². The maximum Gasteiger partial charge on any atom is 0.137 e. The van der Waals surface area contributed by atoms with Crippen molar-refractivity contribution in [1.82, 2.24) is 5.32 Å². The molecular weight excluding hydrogens is 336 g/mol. The third kappa shape index (κ3) is 3.14. The van der Waals surface area contributed by atoms with Gasteiger partial charge < -0.3 is 5.32 Å². The van der Waals surface area contributed by atoms with Gasteiger partial charge in [0.25, 0.3) is 0 Å². The van der Waals surface area contributed by atoms with E-state index in [9.17, 15) is 8.78 Å². The Morgan fingerprint density at radius 3 is 2.53 bits per heavy atom. The molecule has 0 bridgehead atoms. The monoisotopic (exact) mass is 345 g/mol. The molecule has 0 saturated carbocycles. The molecule has 2 rings (SSSR count). The van der Waals surface area contributed by atoms with Crippen molar-refractivity contribution in [2.45, 2.75) is 6.04 Å². The Kier molecular flexibility index (Phi) is 4.55. The zero-order chi connectivity index (χ0) is 14.0. The highest BCUT2D eigenvalue weighted by Gasteiger charge is 2.17. The molecular formula is C14H11BrClF2N.